The van der Waals surface area contributed by atoms with Crippen LogP contribution in [0.4, 0.5) is 4.79 Å². The molecule has 2 saturated heterocycles. The fraction of sp³-hybridized carbons (Fsp3) is 0.429. The van der Waals surface area contributed by atoms with E-state index < -0.39 is 11.1 Å². The number of amides is 3. The summed E-state index contributed by atoms with van der Waals surface area (Å²) in [6.45, 7) is 2.29. The Morgan fingerprint density at radius 3 is 2.83 bits per heavy atom. The number of hydrogen-bond acceptors (Lipinski definition) is 7. The summed E-state index contributed by atoms with van der Waals surface area (Å²) in [7, 11) is 1.47. The van der Waals surface area contributed by atoms with Crippen LogP contribution in [-0.4, -0.2) is 59.7 Å². The highest BCUT2D eigenvalue weighted by Gasteiger charge is 2.37. The SMILES string of the molecule is COc1cc(/C=C2\SC(=O)N(CC(=O)N3CCCC[C@H]3C)C2=O)ccc1OCC#N. The monoisotopic (exact) mass is 429 g/mol. The number of likely N-dealkylation sites (tertiary alicyclic amines) is 1. The van der Waals surface area contributed by atoms with E-state index in [1.54, 1.807) is 29.2 Å². The molecule has 1 aromatic rings. The van der Waals surface area contributed by atoms with Gasteiger partial charge in [0, 0.05) is 12.6 Å². The fourth-order valence-electron chi connectivity index (χ4n) is 3.49. The molecule has 3 rings (SSSR count). The third kappa shape index (κ3) is 4.76. The zero-order valence-electron chi connectivity index (χ0n) is 16.9. The van der Waals surface area contributed by atoms with Gasteiger partial charge in [-0.25, -0.2) is 0 Å². The second-order valence-corrected chi connectivity index (χ2v) is 8.05. The van der Waals surface area contributed by atoms with Gasteiger partial charge in [-0.2, -0.15) is 5.26 Å². The van der Waals surface area contributed by atoms with Crippen LogP contribution in [0.2, 0.25) is 0 Å². The van der Waals surface area contributed by atoms with Gasteiger partial charge < -0.3 is 14.4 Å². The first-order chi connectivity index (χ1) is 14.4. The number of imide groups is 1. The number of nitrogens with zero attached hydrogens (tertiary/aromatic N) is 3. The number of hydrogen-bond donors (Lipinski definition) is 0. The van der Waals surface area contributed by atoms with E-state index in [0.717, 1.165) is 35.9 Å². The minimum Gasteiger partial charge on any atom is -0.493 e. The Morgan fingerprint density at radius 2 is 2.13 bits per heavy atom. The third-order valence-corrected chi connectivity index (χ3v) is 5.98. The summed E-state index contributed by atoms with van der Waals surface area (Å²) < 4.78 is 10.5. The van der Waals surface area contributed by atoms with E-state index in [-0.39, 0.29) is 30.0 Å². The lowest BCUT2D eigenvalue weighted by Gasteiger charge is -2.34. The Bertz CT molecular complexity index is 924. The number of benzene rings is 1. The quantitative estimate of drug-likeness (QED) is 0.641. The van der Waals surface area contributed by atoms with Crippen molar-refractivity contribution in [3.05, 3.63) is 28.7 Å². The lowest BCUT2D eigenvalue weighted by Crippen LogP contribution is -2.47. The van der Waals surface area contributed by atoms with Crippen molar-refractivity contribution in [2.24, 2.45) is 0 Å². The number of methoxy groups -OCH3 is 1. The first kappa shape index (κ1) is 21.7. The van der Waals surface area contributed by atoms with Gasteiger partial charge in [-0.3, -0.25) is 19.3 Å². The zero-order valence-corrected chi connectivity index (χ0v) is 17.7. The number of piperidine rings is 1. The lowest BCUT2D eigenvalue weighted by atomic mass is 10.0. The van der Waals surface area contributed by atoms with E-state index in [1.807, 2.05) is 13.0 Å². The molecular formula is C21H23N3O5S. The summed E-state index contributed by atoms with van der Waals surface area (Å²) in [5.41, 5.74) is 0.637. The van der Waals surface area contributed by atoms with Gasteiger partial charge in [-0.05, 0) is 61.7 Å². The molecule has 0 N–H and O–H groups in total. The van der Waals surface area contributed by atoms with Crippen LogP contribution in [0.25, 0.3) is 6.08 Å². The second-order valence-electron chi connectivity index (χ2n) is 7.06. The maximum absolute atomic E-state index is 12.7. The van der Waals surface area contributed by atoms with Crippen molar-refractivity contribution in [3.63, 3.8) is 0 Å². The molecule has 2 fully saturated rings. The molecule has 0 unspecified atom stereocenters. The molecule has 0 radical (unpaired) electrons. The van der Waals surface area contributed by atoms with E-state index in [2.05, 4.69) is 0 Å². The van der Waals surface area contributed by atoms with Crippen molar-refractivity contribution in [2.75, 3.05) is 26.8 Å². The number of carbonyl (C=O) groups is 3. The molecule has 0 saturated carbocycles. The van der Waals surface area contributed by atoms with Gasteiger partial charge in [0.05, 0.1) is 12.0 Å². The van der Waals surface area contributed by atoms with Crippen molar-refractivity contribution in [1.29, 1.82) is 5.26 Å². The summed E-state index contributed by atoms with van der Waals surface area (Å²) in [6.07, 6.45) is 4.53. The van der Waals surface area contributed by atoms with Crippen LogP contribution in [0.15, 0.2) is 23.1 Å². The molecule has 2 heterocycles. The summed E-state index contributed by atoms with van der Waals surface area (Å²) in [6, 6.07) is 6.99. The van der Waals surface area contributed by atoms with E-state index in [4.69, 9.17) is 14.7 Å². The molecule has 0 aromatic heterocycles. The fourth-order valence-corrected chi connectivity index (χ4v) is 4.32. The Hall–Kier alpha value is -2.99. The van der Waals surface area contributed by atoms with Crippen molar-refractivity contribution in [3.8, 4) is 17.6 Å². The normalized spacial score (nSPS) is 20.4. The van der Waals surface area contributed by atoms with E-state index in [1.165, 1.54) is 7.11 Å². The van der Waals surface area contributed by atoms with Gasteiger partial charge in [0.25, 0.3) is 11.1 Å². The van der Waals surface area contributed by atoms with Gasteiger partial charge in [0.1, 0.15) is 12.6 Å². The van der Waals surface area contributed by atoms with Crippen molar-refractivity contribution in [2.45, 2.75) is 32.2 Å². The van der Waals surface area contributed by atoms with Crippen LogP contribution in [-0.2, 0) is 9.59 Å². The van der Waals surface area contributed by atoms with Gasteiger partial charge in [-0.1, -0.05) is 6.07 Å². The largest absolute Gasteiger partial charge is 0.493 e. The van der Waals surface area contributed by atoms with E-state index >= 15 is 0 Å². The molecule has 8 nitrogen and oxygen atoms in total. The second kappa shape index (κ2) is 9.67. The first-order valence-electron chi connectivity index (χ1n) is 9.67. The number of nitriles is 1. The molecule has 2 aliphatic heterocycles. The molecule has 9 heteroatoms. The van der Waals surface area contributed by atoms with Crippen LogP contribution in [0.1, 0.15) is 31.7 Å². The number of thioether (sulfide) groups is 1. The maximum Gasteiger partial charge on any atom is 0.294 e. The topological polar surface area (TPSA) is 99.9 Å². The molecule has 3 amide bonds. The van der Waals surface area contributed by atoms with Crippen molar-refractivity contribution in [1.82, 2.24) is 9.80 Å². The van der Waals surface area contributed by atoms with Gasteiger partial charge in [0.2, 0.25) is 5.91 Å². The summed E-state index contributed by atoms with van der Waals surface area (Å²) in [4.78, 5) is 40.7. The summed E-state index contributed by atoms with van der Waals surface area (Å²) >= 11 is 0.810. The van der Waals surface area contributed by atoms with E-state index in [0.29, 0.717) is 23.6 Å². The Balaban J connectivity index is 1.73. The third-order valence-electron chi connectivity index (χ3n) is 5.07. The summed E-state index contributed by atoms with van der Waals surface area (Å²) in [5, 5.41) is 8.19. The molecule has 2 aliphatic rings. The average molecular weight is 429 g/mol. The van der Waals surface area contributed by atoms with Crippen molar-refractivity contribution < 1.29 is 23.9 Å². The van der Waals surface area contributed by atoms with Crippen LogP contribution in [0.3, 0.4) is 0 Å². The van der Waals surface area contributed by atoms with Crippen LogP contribution < -0.4 is 9.47 Å². The molecule has 0 bridgehead atoms. The Labute approximate surface area is 179 Å². The van der Waals surface area contributed by atoms with Crippen LogP contribution in [0, 0.1) is 11.3 Å². The number of rotatable bonds is 6. The Kier molecular flexibility index (Phi) is 7.00. The predicted octanol–water partition coefficient (Wildman–Crippen LogP) is 3.03. The van der Waals surface area contributed by atoms with Crippen LogP contribution in [0.5, 0.6) is 11.5 Å². The predicted molar refractivity (Wildman–Crippen MR) is 112 cm³/mol. The highest BCUT2D eigenvalue weighted by Crippen LogP contribution is 2.34. The molecule has 0 aliphatic carbocycles. The Morgan fingerprint density at radius 1 is 1.33 bits per heavy atom. The zero-order chi connectivity index (χ0) is 21.7. The first-order valence-corrected chi connectivity index (χ1v) is 10.5. The molecule has 1 aromatic carbocycles. The highest BCUT2D eigenvalue weighted by molar-refractivity contribution is 8.18. The number of ether oxygens (including phenoxy) is 2. The molecule has 0 spiro atoms. The van der Waals surface area contributed by atoms with Gasteiger partial charge in [-0.15, -0.1) is 0 Å². The lowest BCUT2D eigenvalue weighted by molar-refractivity contribution is -0.138. The molecular weight excluding hydrogens is 406 g/mol. The smallest absolute Gasteiger partial charge is 0.294 e. The minimum atomic E-state index is -0.480. The standard InChI is InChI=1S/C21H23N3O5S/c1-14-5-3-4-9-23(14)19(25)13-24-20(26)18(30-21(24)27)12-15-6-7-16(29-10-8-22)17(11-15)28-2/h6-7,11-12,14H,3-5,9-10,13H2,1-2H3/b18-12-/t14-/m1/s1. The van der Waals surface area contributed by atoms with Crippen molar-refractivity contribution >= 4 is 34.9 Å². The molecule has 30 heavy (non-hydrogen) atoms. The highest BCUT2D eigenvalue weighted by atomic mass is 32.2. The van der Waals surface area contributed by atoms with Gasteiger partial charge in [0.15, 0.2) is 18.1 Å². The van der Waals surface area contributed by atoms with Crippen LogP contribution >= 0.6 is 11.8 Å². The minimum absolute atomic E-state index is 0.113. The molecule has 158 valence electrons. The average Bonchev–Trinajstić information content (AvgIpc) is 3.00. The van der Waals surface area contributed by atoms with E-state index in [9.17, 15) is 14.4 Å². The number of carbonyl (C=O) groups excluding carboxylic acids is 3. The van der Waals surface area contributed by atoms with Gasteiger partial charge >= 0.3 is 0 Å². The summed E-state index contributed by atoms with van der Waals surface area (Å²) in [5.74, 6) is 0.135. The maximum atomic E-state index is 12.7. The molecule has 1 atom stereocenters.